The van der Waals surface area contributed by atoms with E-state index in [-0.39, 0.29) is 18.6 Å². The molecule has 1 N–H and O–H groups in total. The number of ether oxygens (including phenoxy) is 5. The summed E-state index contributed by atoms with van der Waals surface area (Å²) in [5.74, 6) is 3.53. The van der Waals surface area contributed by atoms with Crippen molar-refractivity contribution in [1.82, 2.24) is 9.78 Å². The van der Waals surface area contributed by atoms with Crippen LogP contribution in [0.5, 0.6) is 28.7 Å². The molecule has 1 aromatic heterocycles. The summed E-state index contributed by atoms with van der Waals surface area (Å²) in [6.45, 7) is 2.57. The fourth-order valence-electron chi connectivity index (χ4n) is 4.52. The fraction of sp³-hybridized carbons (Fsp3) is 0.333. The number of fused-ring (bicyclic) bond motifs is 2. The minimum Gasteiger partial charge on any atom is -0.493 e. The fourth-order valence-corrected chi connectivity index (χ4v) is 4.52. The number of methoxy groups -OCH3 is 3. The van der Waals surface area contributed by atoms with Gasteiger partial charge >= 0.3 is 0 Å². The Bertz CT molecular complexity index is 1240. The van der Waals surface area contributed by atoms with Crippen molar-refractivity contribution in [2.75, 3.05) is 33.4 Å². The molecule has 0 saturated heterocycles. The molecule has 172 valence electrons. The molecular formula is C24H25N3O6. The van der Waals surface area contributed by atoms with Gasteiger partial charge in [0.2, 0.25) is 18.4 Å². The summed E-state index contributed by atoms with van der Waals surface area (Å²) in [7, 11) is 4.80. The average molecular weight is 451 g/mol. The van der Waals surface area contributed by atoms with Gasteiger partial charge in [-0.2, -0.15) is 5.10 Å². The number of carbonyl (C=O) groups is 1. The Labute approximate surface area is 191 Å². The summed E-state index contributed by atoms with van der Waals surface area (Å²) in [4.78, 5) is 12.7. The van der Waals surface area contributed by atoms with E-state index in [1.165, 1.54) is 0 Å². The lowest BCUT2D eigenvalue weighted by atomic mass is 9.85. The Balaban J connectivity index is 1.54. The maximum atomic E-state index is 12.7. The zero-order chi connectivity index (χ0) is 23.1. The van der Waals surface area contributed by atoms with E-state index in [1.807, 2.05) is 41.9 Å². The second kappa shape index (κ2) is 8.23. The summed E-state index contributed by atoms with van der Waals surface area (Å²) in [6, 6.07) is 9.55. The number of anilines is 1. The zero-order valence-corrected chi connectivity index (χ0v) is 18.9. The van der Waals surface area contributed by atoms with Crippen LogP contribution in [0.4, 0.5) is 5.82 Å². The van der Waals surface area contributed by atoms with E-state index < -0.39 is 0 Å². The van der Waals surface area contributed by atoms with Gasteiger partial charge in [-0.25, -0.2) is 4.68 Å². The van der Waals surface area contributed by atoms with Gasteiger partial charge in [-0.15, -0.1) is 0 Å². The molecule has 1 atom stereocenters. The first-order valence-corrected chi connectivity index (χ1v) is 10.6. The molecule has 2 aliphatic heterocycles. The van der Waals surface area contributed by atoms with Crippen molar-refractivity contribution in [2.24, 2.45) is 0 Å². The first-order valence-electron chi connectivity index (χ1n) is 10.6. The smallest absolute Gasteiger partial charge is 0.231 e. The van der Waals surface area contributed by atoms with Gasteiger partial charge in [-0.3, -0.25) is 4.79 Å². The van der Waals surface area contributed by atoms with Crippen LogP contribution in [0.2, 0.25) is 0 Å². The number of hydrogen-bond acceptors (Lipinski definition) is 7. The van der Waals surface area contributed by atoms with E-state index in [4.69, 9.17) is 28.8 Å². The van der Waals surface area contributed by atoms with Crippen molar-refractivity contribution in [2.45, 2.75) is 25.8 Å². The monoisotopic (exact) mass is 451 g/mol. The Morgan fingerprint density at radius 3 is 2.61 bits per heavy atom. The standard InChI is InChI=1S/C24H25N3O6/c1-13-22-16(15-8-19(31-4)23-20(9-15)32-12-33-23)10-21(28)25-24(22)27(26-13)11-14-5-6-17(29-2)18(7-14)30-3/h5-9,16H,10-12H2,1-4H3,(H,25,28). The summed E-state index contributed by atoms with van der Waals surface area (Å²) in [5.41, 5.74) is 3.73. The molecule has 3 aromatic rings. The van der Waals surface area contributed by atoms with Crippen LogP contribution >= 0.6 is 0 Å². The van der Waals surface area contributed by atoms with Gasteiger partial charge in [-0.1, -0.05) is 6.07 Å². The highest BCUT2D eigenvalue weighted by atomic mass is 16.7. The van der Waals surface area contributed by atoms with E-state index in [9.17, 15) is 4.79 Å². The molecule has 2 aromatic carbocycles. The van der Waals surface area contributed by atoms with E-state index in [0.717, 1.165) is 22.4 Å². The summed E-state index contributed by atoms with van der Waals surface area (Å²) < 4.78 is 29.2. The molecular weight excluding hydrogens is 426 g/mol. The van der Waals surface area contributed by atoms with Crippen LogP contribution in [0.1, 0.15) is 34.7 Å². The Kier molecular flexibility index (Phi) is 5.24. The van der Waals surface area contributed by atoms with Crippen LogP contribution in [0.25, 0.3) is 0 Å². The second-order valence-electron chi connectivity index (χ2n) is 7.96. The predicted molar refractivity (Wildman–Crippen MR) is 120 cm³/mol. The molecule has 0 aliphatic carbocycles. The SMILES string of the molecule is COc1ccc(Cn2nc(C)c3c2NC(=O)CC3c2cc(OC)c3c(c2)OCO3)cc1OC. The van der Waals surface area contributed by atoms with Gasteiger partial charge in [-0.05, 0) is 42.3 Å². The minimum atomic E-state index is -0.184. The molecule has 1 amide bonds. The van der Waals surface area contributed by atoms with Gasteiger partial charge < -0.3 is 29.0 Å². The number of aryl methyl sites for hydroxylation is 1. The maximum Gasteiger partial charge on any atom is 0.231 e. The second-order valence-corrected chi connectivity index (χ2v) is 7.96. The maximum absolute atomic E-state index is 12.7. The third kappa shape index (κ3) is 3.59. The molecule has 3 heterocycles. The number of amides is 1. The molecule has 0 radical (unpaired) electrons. The van der Waals surface area contributed by atoms with E-state index in [2.05, 4.69) is 5.32 Å². The highest BCUT2D eigenvalue weighted by Gasteiger charge is 2.34. The molecule has 0 bridgehead atoms. The highest BCUT2D eigenvalue weighted by molar-refractivity contribution is 5.94. The van der Waals surface area contributed by atoms with Crippen molar-refractivity contribution >= 4 is 11.7 Å². The van der Waals surface area contributed by atoms with Gasteiger partial charge in [0.15, 0.2) is 23.0 Å². The number of rotatable bonds is 6. The Morgan fingerprint density at radius 2 is 1.85 bits per heavy atom. The molecule has 5 rings (SSSR count). The lowest BCUT2D eigenvalue weighted by Crippen LogP contribution is -2.25. The van der Waals surface area contributed by atoms with Gasteiger partial charge in [0.05, 0.1) is 33.6 Å². The van der Waals surface area contributed by atoms with Crippen molar-refractivity contribution in [3.05, 3.63) is 52.7 Å². The minimum absolute atomic E-state index is 0.0717. The Morgan fingerprint density at radius 1 is 1.06 bits per heavy atom. The number of aromatic nitrogens is 2. The third-order valence-electron chi connectivity index (χ3n) is 6.03. The van der Waals surface area contributed by atoms with Crippen LogP contribution < -0.4 is 29.0 Å². The lowest BCUT2D eigenvalue weighted by molar-refractivity contribution is -0.116. The molecule has 0 spiro atoms. The van der Waals surface area contributed by atoms with Crippen LogP contribution in [0, 0.1) is 6.92 Å². The number of benzene rings is 2. The van der Waals surface area contributed by atoms with E-state index in [0.29, 0.717) is 47.5 Å². The van der Waals surface area contributed by atoms with Crippen molar-refractivity contribution in [1.29, 1.82) is 0 Å². The first-order chi connectivity index (χ1) is 16.0. The van der Waals surface area contributed by atoms with Crippen LogP contribution in [-0.4, -0.2) is 43.8 Å². The van der Waals surface area contributed by atoms with Gasteiger partial charge in [0.25, 0.3) is 0 Å². The number of carbonyl (C=O) groups excluding carboxylic acids is 1. The van der Waals surface area contributed by atoms with Crippen molar-refractivity contribution in [3.8, 4) is 28.7 Å². The van der Waals surface area contributed by atoms with Crippen molar-refractivity contribution in [3.63, 3.8) is 0 Å². The number of nitrogens with one attached hydrogen (secondary N) is 1. The van der Waals surface area contributed by atoms with Crippen LogP contribution in [0.15, 0.2) is 30.3 Å². The molecule has 2 aliphatic rings. The molecule has 0 fully saturated rings. The highest BCUT2D eigenvalue weighted by Crippen LogP contribution is 2.47. The summed E-state index contributed by atoms with van der Waals surface area (Å²) in [6.07, 6.45) is 0.304. The molecule has 9 heteroatoms. The van der Waals surface area contributed by atoms with E-state index >= 15 is 0 Å². The van der Waals surface area contributed by atoms with Crippen molar-refractivity contribution < 1.29 is 28.5 Å². The number of hydrogen-bond donors (Lipinski definition) is 1. The van der Waals surface area contributed by atoms with E-state index in [1.54, 1.807) is 21.3 Å². The number of nitrogens with zero attached hydrogens (tertiary/aromatic N) is 2. The Hall–Kier alpha value is -3.88. The quantitative estimate of drug-likeness (QED) is 0.613. The normalized spacial score (nSPS) is 16.2. The predicted octanol–water partition coefficient (Wildman–Crippen LogP) is 3.47. The summed E-state index contributed by atoms with van der Waals surface area (Å²) >= 11 is 0. The first kappa shape index (κ1) is 21.0. The topological polar surface area (TPSA) is 93.1 Å². The van der Waals surface area contributed by atoms with Gasteiger partial charge in [0.1, 0.15) is 5.82 Å². The van der Waals surface area contributed by atoms with Crippen LogP contribution in [-0.2, 0) is 11.3 Å². The molecule has 33 heavy (non-hydrogen) atoms. The lowest BCUT2D eigenvalue weighted by Gasteiger charge is -2.25. The molecule has 0 saturated carbocycles. The largest absolute Gasteiger partial charge is 0.493 e. The summed E-state index contributed by atoms with van der Waals surface area (Å²) in [5, 5.41) is 7.77. The average Bonchev–Trinajstić information content (AvgIpc) is 3.42. The molecule has 1 unspecified atom stereocenters. The molecule has 9 nitrogen and oxygen atoms in total. The van der Waals surface area contributed by atoms with Crippen LogP contribution in [0.3, 0.4) is 0 Å². The third-order valence-corrected chi connectivity index (χ3v) is 6.03. The zero-order valence-electron chi connectivity index (χ0n) is 18.9. The van der Waals surface area contributed by atoms with Gasteiger partial charge in [0, 0.05) is 17.9 Å².